The van der Waals surface area contributed by atoms with Crippen molar-refractivity contribution >= 4 is 16.0 Å². The first-order chi connectivity index (χ1) is 9.77. The second-order valence-corrected chi connectivity index (χ2v) is 6.44. The van der Waals surface area contributed by atoms with Crippen LogP contribution in [0.4, 0.5) is 0 Å². The highest BCUT2D eigenvalue weighted by atomic mass is 32.2. The quantitative estimate of drug-likeness (QED) is 0.641. The fourth-order valence-electron chi connectivity index (χ4n) is 1.71. The number of carboxylic acid groups (broad SMARTS) is 1. The standard InChI is InChI=1S/C12H21N3O5S/c1-14(6-7-20-3)5-4-13-21(18,19)10-8-11(12(16)17)15(2)9-10/h8-9,13H,4-7H2,1-3H3,(H,16,17). The first kappa shape index (κ1) is 17.6. The Morgan fingerprint density at radius 2 is 2.14 bits per heavy atom. The van der Waals surface area contributed by atoms with E-state index in [2.05, 4.69) is 4.72 Å². The van der Waals surface area contributed by atoms with Gasteiger partial charge in [-0.15, -0.1) is 0 Å². The summed E-state index contributed by atoms with van der Waals surface area (Å²) in [6.07, 6.45) is 1.28. The van der Waals surface area contributed by atoms with Crippen LogP contribution < -0.4 is 4.72 Å². The van der Waals surface area contributed by atoms with E-state index < -0.39 is 16.0 Å². The maximum absolute atomic E-state index is 12.1. The fourth-order valence-corrected chi connectivity index (χ4v) is 2.80. The Kier molecular flexibility index (Phi) is 6.34. The maximum Gasteiger partial charge on any atom is 0.352 e. The maximum atomic E-state index is 12.1. The first-order valence-electron chi connectivity index (χ1n) is 6.34. The lowest BCUT2D eigenvalue weighted by Crippen LogP contribution is -2.34. The van der Waals surface area contributed by atoms with Crippen molar-refractivity contribution in [1.29, 1.82) is 0 Å². The van der Waals surface area contributed by atoms with Gasteiger partial charge < -0.3 is 19.3 Å². The number of hydrogen-bond donors (Lipinski definition) is 2. The van der Waals surface area contributed by atoms with Crippen LogP contribution in [0.2, 0.25) is 0 Å². The van der Waals surface area contributed by atoms with E-state index in [0.29, 0.717) is 19.7 Å². The zero-order valence-electron chi connectivity index (χ0n) is 12.4. The number of nitrogens with zero attached hydrogens (tertiary/aromatic N) is 2. The molecule has 1 heterocycles. The van der Waals surface area contributed by atoms with Crippen molar-refractivity contribution in [2.45, 2.75) is 4.90 Å². The van der Waals surface area contributed by atoms with Crippen LogP contribution in [0.1, 0.15) is 10.5 Å². The van der Waals surface area contributed by atoms with Gasteiger partial charge in [0.15, 0.2) is 0 Å². The number of carbonyl (C=O) groups is 1. The second kappa shape index (κ2) is 7.55. The van der Waals surface area contributed by atoms with Crippen LogP contribution in [-0.2, 0) is 21.8 Å². The summed E-state index contributed by atoms with van der Waals surface area (Å²) in [5.74, 6) is -1.17. The number of carboxylic acids is 1. The SMILES string of the molecule is COCCN(C)CCNS(=O)(=O)c1cc(C(=O)O)n(C)c1. The molecule has 2 N–H and O–H groups in total. The van der Waals surface area contributed by atoms with E-state index >= 15 is 0 Å². The minimum absolute atomic E-state index is 0.0538. The highest BCUT2D eigenvalue weighted by molar-refractivity contribution is 7.89. The summed E-state index contributed by atoms with van der Waals surface area (Å²) in [4.78, 5) is 12.8. The van der Waals surface area contributed by atoms with Gasteiger partial charge in [0.25, 0.3) is 0 Å². The third-order valence-electron chi connectivity index (χ3n) is 2.97. The minimum atomic E-state index is -3.70. The van der Waals surface area contributed by atoms with Crippen LogP contribution >= 0.6 is 0 Å². The number of aryl methyl sites for hydroxylation is 1. The largest absolute Gasteiger partial charge is 0.477 e. The topological polar surface area (TPSA) is 101 Å². The predicted octanol–water partition coefficient (Wildman–Crippen LogP) is -0.420. The van der Waals surface area contributed by atoms with Crippen molar-refractivity contribution in [3.63, 3.8) is 0 Å². The molecule has 21 heavy (non-hydrogen) atoms. The lowest BCUT2D eigenvalue weighted by Gasteiger charge is -2.15. The zero-order chi connectivity index (χ0) is 16.0. The molecule has 0 aliphatic heterocycles. The molecule has 1 rings (SSSR count). The van der Waals surface area contributed by atoms with E-state index in [4.69, 9.17) is 9.84 Å². The molecule has 8 nitrogen and oxygen atoms in total. The number of hydrogen-bond acceptors (Lipinski definition) is 5. The monoisotopic (exact) mass is 319 g/mol. The van der Waals surface area contributed by atoms with Crippen molar-refractivity contribution in [2.75, 3.05) is 40.4 Å². The van der Waals surface area contributed by atoms with Gasteiger partial charge in [0.2, 0.25) is 10.0 Å². The smallest absolute Gasteiger partial charge is 0.352 e. The summed E-state index contributed by atoms with van der Waals surface area (Å²) in [5, 5.41) is 8.92. The molecule has 0 atom stereocenters. The number of aromatic nitrogens is 1. The summed E-state index contributed by atoms with van der Waals surface area (Å²) in [5.41, 5.74) is -0.0763. The predicted molar refractivity (Wildman–Crippen MR) is 76.9 cm³/mol. The summed E-state index contributed by atoms with van der Waals surface area (Å²) in [7, 11) is 1.25. The number of likely N-dealkylation sites (N-methyl/N-ethyl adjacent to an activating group) is 1. The van der Waals surface area contributed by atoms with Gasteiger partial charge in [0, 0.05) is 40.0 Å². The van der Waals surface area contributed by atoms with Gasteiger partial charge in [-0.05, 0) is 13.1 Å². The van der Waals surface area contributed by atoms with Crippen LogP contribution in [0.25, 0.3) is 0 Å². The van der Waals surface area contributed by atoms with Gasteiger partial charge >= 0.3 is 5.97 Å². The van der Waals surface area contributed by atoms with Crippen molar-refractivity contribution in [1.82, 2.24) is 14.2 Å². The molecule has 0 aliphatic carbocycles. The lowest BCUT2D eigenvalue weighted by atomic mass is 10.4. The molecule has 0 amide bonds. The molecular formula is C12H21N3O5S. The Bertz CT molecular complexity index is 582. The molecule has 1 aromatic rings. The van der Waals surface area contributed by atoms with Crippen LogP contribution in [0.15, 0.2) is 17.2 Å². The normalized spacial score (nSPS) is 12.0. The number of aromatic carboxylic acids is 1. The molecule has 0 aliphatic rings. The minimum Gasteiger partial charge on any atom is -0.477 e. The van der Waals surface area contributed by atoms with Gasteiger partial charge in [-0.25, -0.2) is 17.9 Å². The highest BCUT2D eigenvalue weighted by Crippen LogP contribution is 2.13. The molecule has 0 saturated heterocycles. The number of sulfonamides is 1. The zero-order valence-corrected chi connectivity index (χ0v) is 13.2. The average molecular weight is 319 g/mol. The molecule has 0 aromatic carbocycles. The number of methoxy groups -OCH3 is 1. The third-order valence-corrected chi connectivity index (χ3v) is 4.40. The summed E-state index contributed by atoms with van der Waals surface area (Å²) in [6, 6.07) is 1.14. The van der Waals surface area contributed by atoms with E-state index in [1.807, 2.05) is 11.9 Å². The Morgan fingerprint density at radius 3 is 2.67 bits per heavy atom. The molecule has 9 heteroatoms. The van der Waals surface area contributed by atoms with E-state index in [9.17, 15) is 13.2 Å². The second-order valence-electron chi connectivity index (χ2n) is 4.67. The Hall–Kier alpha value is -1.42. The third kappa shape index (κ3) is 5.12. The Labute approximate surface area is 124 Å². The summed E-state index contributed by atoms with van der Waals surface area (Å²) >= 11 is 0. The first-order valence-corrected chi connectivity index (χ1v) is 7.83. The molecule has 1 aromatic heterocycles. The van der Waals surface area contributed by atoms with Crippen molar-refractivity contribution in [2.24, 2.45) is 7.05 Å². The molecule has 0 fully saturated rings. The van der Waals surface area contributed by atoms with Crippen LogP contribution in [0, 0.1) is 0 Å². The molecule has 0 spiro atoms. The summed E-state index contributed by atoms with van der Waals surface area (Å²) in [6.45, 7) is 2.04. The lowest BCUT2D eigenvalue weighted by molar-refractivity contribution is 0.0686. The van der Waals surface area contributed by atoms with Gasteiger partial charge in [0.05, 0.1) is 6.61 Å². The van der Waals surface area contributed by atoms with E-state index in [1.165, 1.54) is 17.8 Å². The number of ether oxygens (including phenoxy) is 1. The van der Waals surface area contributed by atoms with E-state index in [-0.39, 0.29) is 17.1 Å². The van der Waals surface area contributed by atoms with Gasteiger partial charge in [-0.1, -0.05) is 0 Å². The number of rotatable bonds is 9. The Morgan fingerprint density at radius 1 is 1.48 bits per heavy atom. The molecular weight excluding hydrogens is 298 g/mol. The van der Waals surface area contributed by atoms with Crippen LogP contribution in [-0.4, -0.2) is 69.4 Å². The number of nitrogens with one attached hydrogen (secondary N) is 1. The fraction of sp³-hybridized carbons (Fsp3) is 0.583. The average Bonchev–Trinajstić information content (AvgIpc) is 2.79. The van der Waals surface area contributed by atoms with Gasteiger partial charge in [0.1, 0.15) is 10.6 Å². The molecule has 0 radical (unpaired) electrons. The molecule has 0 unspecified atom stereocenters. The summed E-state index contributed by atoms with van der Waals surface area (Å²) < 4.78 is 32.8. The van der Waals surface area contributed by atoms with Crippen molar-refractivity contribution in [3.8, 4) is 0 Å². The van der Waals surface area contributed by atoms with Crippen molar-refractivity contribution in [3.05, 3.63) is 18.0 Å². The van der Waals surface area contributed by atoms with E-state index in [1.54, 1.807) is 7.11 Å². The van der Waals surface area contributed by atoms with Crippen LogP contribution in [0.5, 0.6) is 0 Å². The van der Waals surface area contributed by atoms with Gasteiger partial charge in [-0.2, -0.15) is 0 Å². The van der Waals surface area contributed by atoms with E-state index in [0.717, 1.165) is 6.07 Å². The van der Waals surface area contributed by atoms with Crippen LogP contribution in [0.3, 0.4) is 0 Å². The Balaban J connectivity index is 2.62. The highest BCUT2D eigenvalue weighted by Gasteiger charge is 2.19. The molecule has 0 bridgehead atoms. The van der Waals surface area contributed by atoms with Gasteiger partial charge in [-0.3, -0.25) is 0 Å². The van der Waals surface area contributed by atoms with Crippen molar-refractivity contribution < 1.29 is 23.1 Å². The molecule has 120 valence electrons. The molecule has 0 saturated carbocycles.